The lowest BCUT2D eigenvalue weighted by Crippen LogP contribution is -2.45. The first-order valence-corrected chi connectivity index (χ1v) is 6.70. The minimum atomic E-state index is -0.291. The maximum Gasteiger partial charge on any atom is 0.0834 e. The molecule has 2 atom stereocenters. The van der Waals surface area contributed by atoms with Gasteiger partial charge in [0.05, 0.1) is 18.8 Å². The third-order valence-corrected chi connectivity index (χ3v) is 3.91. The summed E-state index contributed by atoms with van der Waals surface area (Å²) in [6.45, 7) is 4.76. The molecule has 0 heterocycles. The molecule has 3 N–H and O–H groups in total. The lowest BCUT2D eigenvalue weighted by Gasteiger charge is -2.30. The zero-order valence-corrected chi connectivity index (χ0v) is 10.7. The molecule has 96 valence electrons. The van der Waals surface area contributed by atoms with E-state index in [1.54, 1.807) is 0 Å². The molecule has 0 aromatic carbocycles. The highest BCUT2D eigenvalue weighted by Crippen LogP contribution is 2.22. The molecule has 1 aliphatic carbocycles. The molecule has 1 aliphatic rings. The molecular formula is C13H27NO2. The molecule has 0 bridgehead atoms. The largest absolute Gasteiger partial charge is 0.390 e. The number of rotatable bonds is 5. The summed E-state index contributed by atoms with van der Waals surface area (Å²) in [6.07, 6.45) is 6.91. The van der Waals surface area contributed by atoms with E-state index in [0.29, 0.717) is 6.61 Å². The van der Waals surface area contributed by atoms with Crippen LogP contribution in [-0.2, 0) is 4.74 Å². The van der Waals surface area contributed by atoms with Crippen molar-refractivity contribution in [3.05, 3.63) is 0 Å². The Morgan fingerprint density at radius 1 is 1.19 bits per heavy atom. The van der Waals surface area contributed by atoms with Crippen molar-refractivity contribution in [2.75, 3.05) is 6.61 Å². The second kappa shape index (κ2) is 6.58. The number of ether oxygens (including phenoxy) is 1. The van der Waals surface area contributed by atoms with Crippen molar-refractivity contribution >= 4 is 0 Å². The second-order valence-electron chi connectivity index (χ2n) is 5.12. The molecule has 0 spiro atoms. The van der Waals surface area contributed by atoms with E-state index in [4.69, 9.17) is 10.5 Å². The van der Waals surface area contributed by atoms with Gasteiger partial charge in [0.25, 0.3) is 0 Å². The topological polar surface area (TPSA) is 55.5 Å². The van der Waals surface area contributed by atoms with Gasteiger partial charge in [-0.15, -0.1) is 0 Å². The van der Waals surface area contributed by atoms with Crippen LogP contribution in [0.5, 0.6) is 0 Å². The van der Waals surface area contributed by atoms with Crippen LogP contribution >= 0.6 is 0 Å². The smallest absolute Gasteiger partial charge is 0.0834 e. The molecule has 0 aromatic rings. The lowest BCUT2D eigenvalue weighted by molar-refractivity contribution is -0.0574. The van der Waals surface area contributed by atoms with E-state index < -0.39 is 0 Å². The van der Waals surface area contributed by atoms with Crippen LogP contribution in [-0.4, -0.2) is 29.5 Å². The van der Waals surface area contributed by atoms with Crippen molar-refractivity contribution in [1.29, 1.82) is 0 Å². The maximum atomic E-state index is 9.93. The summed E-state index contributed by atoms with van der Waals surface area (Å²) >= 11 is 0. The third kappa shape index (κ3) is 4.04. The second-order valence-corrected chi connectivity index (χ2v) is 5.12. The summed E-state index contributed by atoms with van der Waals surface area (Å²) in [5, 5.41) is 9.93. The van der Waals surface area contributed by atoms with E-state index in [0.717, 1.165) is 38.5 Å². The van der Waals surface area contributed by atoms with Gasteiger partial charge in [-0.2, -0.15) is 0 Å². The average Bonchev–Trinajstić information content (AvgIpc) is 2.51. The van der Waals surface area contributed by atoms with Gasteiger partial charge in [-0.1, -0.05) is 33.1 Å². The molecule has 0 amide bonds. The third-order valence-electron chi connectivity index (χ3n) is 3.91. The lowest BCUT2D eigenvalue weighted by atomic mass is 9.95. The number of nitrogens with two attached hydrogens (primary N) is 1. The van der Waals surface area contributed by atoms with Gasteiger partial charge in [0, 0.05) is 5.54 Å². The van der Waals surface area contributed by atoms with Crippen molar-refractivity contribution in [1.82, 2.24) is 0 Å². The van der Waals surface area contributed by atoms with Crippen molar-refractivity contribution in [3.63, 3.8) is 0 Å². The minimum absolute atomic E-state index is 0.00326. The first-order chi connectivity index (χ1) is 7.61. The number of aliphatic hydroxyl groups is 1. The van der Waals surface area contributed by atoms with Crippen LogP contribution in [0.25, 0.3) is 0 Å². The Hall–Kier alpha value is -0.120. The molecule has 0 radical (unpaired) electrons. The zero-order valence-electron chi connectivity index (χ0n) is 10.7. The van der Waals surface area contributed by atoms with Gasteiger partial charge in [-0.25, -0.2) is 0 Å². The van der Waals surface area contributed by atoms with Crippen LogP contribution in [0.15, 0.2) is 0 Å². The van der Waals surface area contributed by atoms with Gasteiger partial charge in [0.2, 0.25) is 0 Å². The van der Waals surface area contributed by atoms with E-state index in [1.165, 1.54) is 6.42 Å². The summed E-state index contributed by atoms with van der Waals surface area (Å²) in [4.78, 5) is 0. The van der Waals surface area contributed by atoms with Gasteiger partial charge in [0.1, 0.15) is 0 Å². The van der Waals surface area contributed by atoms with Gasteiger partial charge in [-0.05, 0) is 25.7 Å². The molecule has 2 unspecified atom stereocenters. The Morgan fingerprint density at radius 3 is 2.44 bits per heavy atom. The van der Waals surface area contributed by atoms with Crippen molar-refractivity contribution in [2.24, 2.45) is 5.73 Å². The molecule has 3 heteroatoms. The highest BCUT2D eigenvalue weighted by Gasteiger charge is 2.26. The average molecular weight is 229 g/mol. The SMILES string of the molecule is CCC(N)(CC)COC1CCCCCC1O. The van der Waals surface area contributed by atoms with Gasteiger partial charge in [-0.3, -0.25) is 0 Å². The normalized spacial score (nSPS) is 27.8. The summed E-state index contributed by atoms with van der Waals surface area (Å²) in [5.74, 6) is 0. The molecule has 1 fully saturated rings. The summed E-state index contributed by atoms with van der Waals surface area (Å²) in [5.41, 5.74) is 5.98. The maximum absolute atomic E-state index is 9.93. The van der Waals surface area contributed by atoms with Crippen LogP contribution in [0.1, 0.15) is 58.8 Å². The fourth-order valence-electron chi connectivity index (χ4n) is 2.18. The van der Waals surface area contributed by atoms with Gasteiger partial charge < -0.3 is 15.6 Å². The zero-order chi connectivity index (χ0) is 12.0. The first kappa shape index (κ1) is 13.9. The number of hydrogen-bond donors (Lipinski definition) is 2. The standard InChI is InChI=1S/C13H27NO2/c1-3-13(14,4-2)10-16-12-9-7-5-6-8-11(12)15/h11-12,15H,3-10,14H2,1-2H3. The van der Waals surface area contributed by atoms with Crippen LogP contribution in [0.3, 0.4) is 0 Å². The molecule has 0 aromatic heterocycles. The Morgan fingerprint density at radius 2 is 1.81 bits per heavy atom. The minimum Gasteiger partial charge on any atom is -0.390 e. The van der Waals surface area contributed by atoms with E-state index in [1.807, 2.05) is 0 Å². The predicted molar refractivity (Wildman–Crippen MR) is 66.3 cm³/mol. The Balaban J connectivity index is 2.40. The van der Waals surface area contributed by atoms with Crippen LogP contribution < -0.4 is 5.73 Å². The molecule has 0 saturated heterocycles. The molecule has 0 aliphatic heterocycles. The monoisotopic (exact) mass is 229 g/mol. The predicted octanol–water partition coefficient (Wildman–Crippen LogP) is 2.21. The van der Waals surface area contributed by atoms with Crippen molar-refractivity contribution < 1.29 is 9.84 Å². The van der Waals surface area contributed by atoms with Crippen LogP contribution in [0.4, 0.5) is 0 Å². The summed E-state index contributed by atoms with van der Waals surface area (Å²) in [7, 11) is 0. The molecular weight excluding hydrogens is 202 g/mol. The summed E-state index contributed by atoms with van der Waals surface area (Å²) < 4.78 is 5.85. The Kier molecular flexibility index (Phi) is 5.73. The molecule has 1 rings (SSSR count). The Labute approximate surface area is 99.4 Å². The molecule has 3 nitrogen and oxygen atoms in total. The van der Waals surface area contributed by atoms with E-state index in [-0.39, 0.29) is 17.7 Å². The Bertz CT molecular complexity index is 192. The molecule has 1 saturated carbocycles. The number of hydrogen-bond acceptors (Lipinski definition) is 3. The van der Waals surface area contributed by atoms with Crippen LogP contribution in [0, 0.1) is 0 Å². The van der Waals surface area contributed by atoms with Gasteiger partial charge >= 0.3 is 0 Å². The van der Waals surface area contributed by atoms with Gasteiger partial charge in [0.15, 0.2) is 0 Å². The van der Waals surface area contributed by atoms with E-state index in [2.05, 4.69) is 13.8 Å². The summed E-state index contributed by atoms with van der Waals surface area (Å²) in [6, 6.07) is 0. The first-order valence-electron chi connectivity index (χ1n) is 6.70. The fourth-order valence-corrected chi connectivity index (χ4v) is 2.18. The van der Waals surface area contributed by atoms with Crippen molar-refractivity contribution in [2.45, 2.75) is 76.5 Å². The highest BCUT2D eigenvalue weighted by molar-refractivity contribution is 4.82. The molecule has 16 heavy (non-hydrogen) atoms. The quantitative estimate of drug-likeness (QED) is 0.711. The number of aliphatic hydroxyl groups excluding tert-OH is 1. The highest BCUT2D eigenvalue weighted by atomic mass is 16.5. The fraction of sp³-hybridized carbons (Fsp3) is 1.00. The van der Waals surface area contributed by atoms with E-state index >= 15 is 0 Å². The van der Waals surface area contributed by atoms with Crippen LogP contribution in [0.2, 0.25) is 0 Å². The van der Waals surface area contributed by atoms with Crippen molar-refractivity contribution in [3.8, 4) is 0 Å². The van der Waals surface area contributed by atoms with E-state index in [9.17, 15) is 5.11 Å².